The molecule has 0 saturated heterocycles. The van der Waals surface area contributed by atoms with Gasteiger partial charge in [-0.25, -0.2) is 0 Å². The average molecular weight is 296 g/mol. The average Bonchev–Trinajstić information content (AvgIpc) is 2.40. The topological polar surface area (TPSA) is 119 Å². The molecule has 1 amide bonds. The van der Waals surface area contributed by atoms with Crippen LogP contribution in [0.1, 0.15) is 18.4 Å². The fourth-order valence-corrected chi connectivity index (χ4v) is 1.59. The highest BCUT2D eigenvalue weighted by Gasteiger charge is 2.11. The van der Waals surface area contributed by atoms with Crippen LogP contribution in [0, 0.1) is 17.0 Å². The zero-order valence-corrected chi connectivity index (χ0v) is 11.5. The van der Waals surface area contributed by atoms with E-state index in [0.717, 1.165) is 0 Å². The van der Waals surface area contributed by atoms with Gasteiger partial charge in [0.15, 0.2) is 6.61 Å². The number of carboxylic acid groups (broad SMARTS) is 1. The Morgan fingerprint density at radius 1 is 1.43 bits per heavy atom. The molecule has 0 spiro atoms. The van der Waals surface area contributed by atoms with Crippen molar-refractivity contribution < 1.29 is 24.4 Å². The smallest absolute Gasteiger partial charge is 0.303 e. The molecule has 1 rings (SSSR count). The standard InChI is InChI=1S/C13H16N2O6/c1-9-7-10(4-5-11(9)15(19)20)21-8-12(16)14-6-2-3-13(17)18/h4-5,7H,2-3,6,8H2,1H3,(H,14,16)(H,17,18). The summed E-state index contributed by atoms with van der Waals surface area (Å²) >= 11 is 0. The van der Waals surface area contributed by atoms with E-state index >= 15 is 0 Å². The van der Waals surface area contributed by atoms with Gasteiger partial charge in [0.2, 0.25) is 0 Å². The van der Waals surface area contributed by atoms with E-state index < -0.39 is 10.9 Å². The summed E-state index contributed by atoms with van der Waals surface area (Å²) in [6.07, 6.45) is 0.334. The van der Waals surface area contributed by atoms with Crippen molar-refractivity contribution in [3.63, 3.8) is 0 Å². The predicted octanol–water partition coefficient (Wildman–Crippen LogP) is 1.26. The molecular formula is C13H16N2O6. The van der Waals surface area contributed by atoms with Crippen LogP contribution in [0.25, 0.3) is 0 Å². The zero-order valence-electron chi connectivity index (χ0n) is 11.5. The molecule has 8 nitrogen and oxygen atoms in total. The highest BCUT2D eigenvalue weighted by Crippen LogP contribution is 2.22. The second-order valence-electron chi connectivity index (χ2n) is 4.34. The van der Waals surface area contributed by atoms with Gasteiger partial charge in [0.05, 0.1) is 4.92 Å². The van der Waals surface area contributed by atoms with Gasteiger partial charge in [0.25, 0.3) is 11.6 Å². The Kier molecular flexibility index (Phi) is 6.12. The minimum Gasteiger partial charge on any atom is -0.484 e. The van der Waals surface area contributed by atoms with E-state index in [2.05, 4.69) is 5.32 Å². The molecule has 0 unspecified atom stereocenters. The lowest BCUT2D eigenvalue weighted by Crippen LogP contribution is -2.29. The third-order valence-electron chi connectivity index (χ3n) is 2.62. The van der Waals surface area contributed by atoms with Gasteiger partial charge in [-0.1, -0.05) is 0 Å². The summed E-state index contributed by atoms with van der Waals surface area (Å²) in [5, 5.41) is 21.6. The van der Waals surface area contributed by atoms with Crippen molar-refractivity contribution in [1.29, 1.82) is 0 Å². The molecule has 1 aromatic rings. The molecule has 0 radical (unpaired) electrons. The maximum absolute atomic E-state index is 11.4. The summed E-state index contributed by atoms with van der Waals surface area (Å²) < 4.78 is 5.21. The first-order valence-electron chi connectivity index (χ1n) is 6.26. The molecule has 2 N–H and O–H groups in total. The number of carboxylic acids is 1. The Bertz CT molecular complexity index is 543. The minimum absolute atomic E-state index is 0.0112. The van der Waals surface area contributed by atoms with E-state index in [4.69, 9.17) is 9.84 Å². The summed E-state index contributed by atoms with van der Waals surface area (Å²) in [4.78, 5) is 31.9. The number of hydrogen-bond donors (Lipinski definition) is 2. The van der Waals surface area contributed by atoms with Crippen LogP contribution in [-0.4, -0.2) is 35.1 Å². The monoisotopic (exact) mass is 296 g/mol. The van der Waals surface area contributed by atoms with Gasteiger partial charge < -0.3 is 15.2 Å². The number of hydrogen-bond acceptors (Lipinski definition) is 5. The Balaban J connectivity index is 2.38. The molecule has 21 heavy (non-hydrogen) atoms. The van der Waals surface area contributed by atoms with Crippen LogP contribution in [0.4, 0.5) is 5.69 Å². The maximum Gasteiger partial charge on any atom is 0.303 e. The van der Waals surface area contributed by atoms with Crippen molar-refractivity contribution in [1.82, 2.24) is 5.32 Å². The van der Waals surface area contributed by atoms with Gasteiger partial charge in [-0.2, -0.15) is 0 Å². The predicted molar refractivity (Wildman–Crippen MR) is 73.2 cm³/mol. The molecule has 1 aromatic carbocycles. The van der Waals surface area contributed by atoms with E-state index in [1.54, 1.807) is 6.92 Å². The first-order valence-corrected chi connectivity index (χ1v) is 6.26. The molecule has 114 valence electrons. The van der Waals surface area contributed by atoms with Crippen molar-refractivity contribution in [3.8, 4) is 5.75 Å². The first kappa shape index (κ1) is 16.4. The number of carbonyl (C=O) groups excluding carboxylic acids is 1. The van der Waals surface area contributed by atoms with Crippen molar-refractivity contribution in [2.75, 3.05) is 13.2 Å². The van der Waals surface area contributed by atoms with E-state index in [1.165, 1.54) is 18.2 Å². The number of carbonyl (C=O) groups is 2. The van der Waals surface area contributed by atoms with Gasteiger partial charge in [0, 0.05) is 24.6 Å². The number of ether oxygens (including phenoxy) is 1. The SMILES string of the molecule is Cc1cc(OCC(=O)NCCCC(=O)O)ccc1[N+](=O)[O-]. The lowest BCUT2D eigenvalue weighted by Gasteiger charge is -2.07. The fraction of sp³-hybridized carbons (Fsp3) is 0.385. The Labute approximate surface area is 120 Å². The van der Waals surface area contributed by atoms with Gasteiger partial charge in [-0.15, -0.1) is 0 Å². The number of aliphatic carboxylic acids is 1. The quantitative estimate of drug-likeness (QED) is 0.423. The van der Waals surface area contributed by atoms with E-state index in [0.29, 0.717) is 17.7 Å². The molecule has 0 aromatic heterocycles. The van der Waals surface area contributed by atoms with Crippen molar-refractivity contribution in [3.05, 3.63) is 33.9 Å². The number of aryl methyl sites for hydroxylation is 1. The van der Waals surface area contributed by atoms with E-state index in [1.807, 2.05) is 0 Å². The highest BCUT2D eigenvalue weighted by molar-refractivity contribution is 5.77. The summed E-state index contributed by atoms with van der Waals surface area (Å²) in [6.45, 7) is 1.61. The summed E-state index contributed by atoms with van der Waals surface area (Å²) in [7, 11) is 0. The van der Waals surface area contributed by atoms with Crippen LogP contribution >= 0.6 is 0 Å². The molecule has 8 heteroatoms. The van der Waals surface area contributed by atoms with Gasteiger partial charge in [0.1, 0.15) is 5.75 Å². The number of nitrogens with one attached hydrogen (secondary N) is 1. The van der Waals surface area contributed by atoms with Crippen LogP contribution in [0.3, 0.4) is 0 Å². The van der Waals surface area contributed by atoms with E-state index in [9.17, 15) is 19.7 Å². The van der Waals surface area contributed by atoms with Crippen LogP contribution in [-0.2, 0) is 9.59 Å². The third kappa shape index (κ3) is 5.89. The third-order valence-corrected chi connectivity index (χ3v) is 2.62. The highest BCUT2D eigenvalue weighted by atomic mass is 16.6. The normalized spacial score (nSPS) is 9.95. The number of nitrogens with zero attached hydrogens (tertiary/aromatic N) is 1. The molecule has 0 aliphatic rings. The Morgan fingerprint density at radius 2 is 2.14 bits per heavy atom. The van der Waals surface area contributed by atoms with Crippen LogP contribution < -0.4 is 10.1 Å². The summed E-state index contributed by atoms with van der Waals surface area (Å²) in [5.74, 6) is -0.933. The van der Waals surface area contributed by atoms with Crippen LogP contribution in [0.5, 0.6) is 5.75 Å². The molecule has 0 bridgehead atoms. The van der Waals surface area contributed by atoms with Crippen LogP contribution in [0.2, 0.25) is 0 Å². The summed E-state index contributed by atoms with van der Waals surface area (Å²) in [6, 6.07) is 4.22. The lowest BCUT2D eigenvalue weighted by molar-refractivity contribution is -0.385. The number of nitro groups is 1. The minimum atomic E-state index is -0.915. The number of nitro benzene ring substituents is 1. The Morgan fingerprint density at radius 3 is 2.71 bits per heavy atom. The van der Waals surface area contributed by atoms with Crippen molar-refractivity contribution in [2.24, 2.45) is 0 Å². The second kappa shape index (κ2) is 7.83. The molecule has 0 atom stereocenters. The number of amides is 1. The van der Waals surface area contributed by atoms with Gasteiger partial charge >= 0.3 is 5.97 Å². The van der Waals surface area contributed by atoms with Crippen LogP contribution in [0.15, 0.2) is 18.2 Å². The zero-order chi connectivity index (χ0) is 15.8. The summed E-state index contributed by atoms with van der Waals surface area (Å²) in [5.41, 5.74) is 0.430. The lowest BCUT2D eigenvalue weighted by atomic mass is 10.2. The largest absolute Gasteiger partial charge is 0.484 e. The van der Waals surface area contributed by atoms with E-state index in [-0.39, 0.29) is 31.2 Å². The molecule has 0 saturated carbocycles. The Hall–Kier alpha value is -2.64. The molecule has 0 aliphatic heterocycles. The maximum atomic E-state index is 11.4. The molecule has 0 fully saturated rings. The second-order valence-corrected chi connectivity index (χ2v) is 4.34. The number of benzene rings is 1. The van der Waals surface area contributed by atoms with Crippen molar-refractivity contribution in [2.45, 2.75) is 19.8 Å². The first-order chi connectivity index (χ1) is 9.90. The number of rotatable bonds is 8. The van der Waals surface area contributed by atoms with Gasteiger partial charge in [-0.3, -0.25) is 19.7 Å². The molecule has 0 heterocycles. The molecular weight excluding hydrogens is 280 g/mol. The molecule has 0 aliphatic carbocycles. The van der Waals surface area contributed by atoms with Crippen molar-refractivity contribution >= 4 is 17.6 Å². The van der Waals surface area contributed by atoms with Gasteiger partial charge in [-0.05, 0) is 25.5 Å². The fourth-order valence-electron chi connectivity index (χ4n) is 1.59.